The molecule has 2 heterocycles. The molecular formula is C25H22N4O4S3. The van der Waals surface area contributed by atoms with E-state index < -0.39 is 0 Å². The first-order valence-corrected chi connectivity index (χ1v) is 13.2. The van der Waals surface area contributed by atoms with Crippen molar-refractivity contribution < 1.29 is 18.9 Å². The van der Waals surface area contributed by atoms with Crippen LogP contribution >= 0.6 is 34.9 Å². The number of methoxy groups -OCH3 is 4. The molecule has 0 radical (unpaired) electrons. The third kappa shape index (κ3) is 5.67. The summed E-state index contributed by atoms with van der Waals surface area (Å²) in [5, 5.41) is 13.1. The van der Waals surface area contributed by atoms with Gasteiger partial charge in [-0.2, -0.15) is 5.26 Å². The second-order valence-corrected chi connectivity index (χ2v) is 10.2. The number of benzene rings is 2. The molecule has 4 rings (SSSR count). The molecule has 0 unspecified atom stereocenters. The molecule has 0 fully saturated rings. The fourth-order valence-corrected chi connectivity index (χ4v) is 5.77. The van der Waals surface area contributed by atoms with Gasteiger partial charge in [0.2, 0.25) is 5.75 Å². The van der Waals surface area contributed by atoms with E-state index >= 15 is 0 Å². The first-order valence-electron chi connectivity index (χ1n) is 10.6. The molecule has 36 heavy (non-hydrogen) atoms. The average Bonchev–Trinajstić information content (AvgIpc) is 3.44. The van der Waals surface area contributed by atoms with Crippen LogP contribution in [0.5, 0.6) is 23.0 Å². The molecule has 0 bridgehead atoms. The van der Waals surface area contributed by atoms with E-state index in [9.17, 15) is 5.26 Å². The maximum absolute atomic E-state index is 10.1. The van der Waals surface area contributed by atoms with E-state index in [1.54, 1.807) is 46.8 Å². The Balaban J connectivity index is 1.80. The van der Waals surface area contributed by atoms with Crippen molar-refractivity contribution >= 4 is 34.9 Å². The number of ether oxygens (including phenoxy) is 4. The van der Waals surface area contributed by atoms with Crippen molar-refractivity contribution in [3.8, 4) is 40.3 Å². The Morgan fingerprint density at radius 2 is 1.67 bits per heavy atom. The van der Waals surface area contributed by atoms with Crippen LogP contribution in [0, 0.1) is 11.3 Å². The second-order valence-electron chi connectivity index (χ2n) is 7.10. The summed E-state index contributed by atoms with van der Waals surface area (Å²) >= 11 is 4.30. The minimum atomic E-state index is 0.346. The lowest BCUT2D eigenvalue weighted by Crippen LogP contribution is -2.01. The molecule has 0 atom stereocenters. The number of hydrogen-bond acceptors (Lipinski definition) is 11. The van der Waals surface area contributed by atoms with Crippen molar-refractivity contribution in [1.82, 2.24) is 15.0 Å². The molecule has 0 aliphatic rings. The summed E-state index contributed by atoms with van der Waals surface area (Å²) in [5.41, 5.74) is 2.56. The van der Waals surface area contributed by atoms with Gasteiger partial charge in [-0.3, -0.25) is 0 Å². The number of aromatic nitrogens is 3. The van der Waals surface area contributed by atoms with Crippen molar-refractivity contribution in [2.45, 2.75) is 20.3 Å². The molecule has 4 aromatic rings. The first-order chi connectivity index (χ1) is 17.6. The molecule has 8 nitrogen and oxygen atoms in total. The van der Waals surface area contributed by atoms with E-state index in [2.05, 4.69) is 11.1 Å². The van der Waals surface area contributed by atoms with Crippen LogP contribution < -0.4 is 18.9 Å². The van der Waals surface area contributed by atoms with Crippen molar-refractivity contribution in [3.63, 3.8) is 0 Å². The zero-order chi connectivity index (χ0) is 25.5. The number of thioether (sulfide) groups is 1. The van der Waals surface area contributed by atoms with Crippen LogP contribution in [-0.4, -0.2) is 43.4 Å². The molecule has 0 aliphatic carbocycles. The topological polar surface area (TPSA) is 99.4 Å². The Hall–Kier alpha value is -3.46. The lowest BCUT2D eigenvalue weighted by Gasteiger charge is -2.15. The third-order valence-corrected chi connectivity index (χ3v) is 7.82. The Bertz CT molecular complexity index is 1350. The lowest BCUT2D eigenvalue weighted by molar-refractivity contribution is 0.324. The number of thiazole rings is 1. The van der Waals surface area contributed by atoms with Gasteiger partial charge < -0.3 is 18.9 Å². The molecule has 2 aromatic carbocycles. The first kappa shape index (κ1) is 25.6. The highest BCUT2D eigenvalue weighted by molar-refractivity contribution is 8.01. The van der Waals surface area contributed by atoms with Crippen molar-refractivity contribution in [2.75, 3.05) is 28.4 Å². The van der Waals surface area contributed by atoms with Gasteiger partial charge in [0.05, 0.1) is 34.1 Å². The van der Waals surface area contributed by atoms with E-state index in [0.717, 1.165) is 15.7 Å². The SMILES string of the molecule is COc1ccc(CSc2nc(Sc3nccs3)c(C#N)c(-c3cc(OC)c(OC)c(OC)c3)n2)cc1. The molecule has 184 valence electrons. The smallest absolute Gasteiger partial charge is 0.203 e. The Labute approximate surface area is 221 Å². The van der Waals surface area contributed by atoms with Gasteiger partial charge in [-0.25, -0.2) is 15.0 Å². The van der Waals surface area contributed by atoms with Gasteiger partial charge in [-0.1, -0.05) is 23.9 Å². The standard InChI is InChI=1S/C25H22N4O4S3/c1-30-17-7-5-15(6-8-17)14-35-24-28-21(16-11-19(31-2)22(33-4)20(12-16)32-3)18(13-26)23(29-24)36-25-27-9-10-34-25/h5-12H,14H2,1-4H3. The summed E-state index contributed by atoms with van der Waals surface area (Å²) in [6.45, 7) is 0. The number of rotatable bonds is 10. The predicted molar refractivity (Wildman–Crippen MR) is 141 cm³/mol. The Kier molecular flexibility index (Phi) is 8.53. The van der Waals surface area contributed by atoms with Crippen LogP contribution in [0.1, 0.15) is 11.1 Å². The number of nitrogens with zero attached hydrogens (tertiary/aromatic N) is 4. The summed E-state index contributed by atoms with van der Waals surface area (Å²) < 4.78 is 22.5. The van der Waals surface area contributed by atoms with E-state index in [1.807, 2.05) is 29.6 Å². The highest BCUT2D eigenvalue weighted by atomic mass is 32.2. The Morgan fingerprint density at radius 3 is 2.22 bits per heavy atom. The highest BCUT2D eigenvalue weighted by Crippen LogP contribution is 2.43. The van der Waals surface area contributed by atoms with E-state index in [4.69, 9.17) is 28.9 Å². The summed E-state index contributed by atoms with van der Waals surface area (Å²) in [5.74, 6) is 2.84. The molecule has 0 spiro atoms. The van der Waals surface area contributed by atoms with Crippen LogP contribution in [0.3, 0.4) is 0 Å². The summed E-state index contributed by atoms with van der Waals surface area (Å²) in [6.07, 6.45) is 1.72. The average molecular weight is 539 g/mol. The predicted octanol–water partition coefficient (Wildman–Crippen LogP) is 5.95. The van der Waals surface area contributed by atoms with Gasteiger partial charge >= 0.3 is 0 Å². The molecule has 0 N–H and O–H groups in total. The van der Waals surface area contributed by atoms with Gasteiger partial charge in [-0.05, 0) is 41.6 Å². The largest absolute Gasteiger partial charge is 0.497 e. The Morgan fingerprint density at radius 1 is 0.944 bits per heavy atom. The second kappa shape index (κ2) is 12.0. The zero-order valence-corrected chi connectivity index (χ0v) is 22.4. The van der Waals surface area contributed by atoms with E-state index in [1.165, 1.54) is 34.9 Å². The van der Waals surface area contributed by atoms with Crippen molar-refractivity contribution in [2.24, 2.45) is 0 Å². The van der Waals surface area contributed by atoms with Crippen molar-refractivity contribution in [3.05, 3.63) is 59.1 Å². The molecule has 0 aliphatic heterocycles. The third-order valence-electron chi connectivity index (χ3n) is 5.03. The molecular weight excluding hydrogens is 517 g/mol. The fraction of sp³-hybridized carbons (Fsp3) is 0.200. The van der Waals surface area contributed by atoms with E-state index in [0.29, 0.717) is 50.0 Å². The van der Waals surface area contributed by atoms with Crippen LogP contribution in [0.2, 0.25) is 0 Å². The monoisotopic (exact) mass is 538 g/mol. The maximum Gasteiger partial charge on any atom is 0.203 e. The zero-order valence-electron chi connectivity index (χ0n) is 20.0. The summed E-state index contributed by atoms with van der Waals surface area (Å²) in [7, 11) is 6.28. The fourth-order valence-electron chi connectivity index (χ4n) is 3.30. The quantitative estimate of drug-likeness (QED) is 0.137. The van der Waals surface area contributed by atoms with Gasteiger partial charge in [0, 0.05) is 22.9 Å². The molecule has 2 aromatic heterocycles. The van der Waals surface area contributed by atoms with Crippen LogP contribution in [0.25, 0.3) is 11.3 Å². The summed E-state index contributed by atoms with van der Waals surface area (Å²) in [6, 6.07) is 13.7. The minimum Gasteiger partial charge on any atom is -0.497 e. The molecule has 0 saturated heterocycles. The summed E-state index contributed by atoms with van der Waals surface area (Å²) in [4.78, 5) is 13.8. The maximum atomic E-state index is 10.1. The molecule has 0 amide bonds. The lowest BCUT2D eigenvalue weighted by atomic mass is 10.1. The van der Waals surface area contributed by atoms with Crippen LogP contribution in [0.15, 0.2) is 62.5 Å². The van der Waals surface area contributed by atoms with Crippen molar-refractivity contribution in [1.29, 1.82) is 5.26 Å². The molecule has 11 heteroatoms. The van der Waals surface area contributed by atoms with Gasteiger partial charge in [0.15, 0.2) is 21.0 Å². The van der Waals surface area contributed by atoms with Crippen LogP contribution in [-0.2, 0) is 5.75 Å². The van der Waals surface area contributed by atoms with Gasteiger partial charge in [0.25, 0.3) is 0 Å². The van der Waals surface area contributed by atoms with E-state index in [-0.39, 0.29) is 0 Å². The molecule has 0 saturated carbocycles. The van der Waals surface area contributed by atoms with Gasteiger partial charge in [-0.15, -0.1) is 11.3 Å². The number of nitriles is 1. The minimum absolute atomic E-state index is 0.346. The number of hydrogen-bond donors (Lipinski definition) is 0. The highest BCUT2D eigenvalue weighted by Gasteiger charge is 2.22. The normalized spacial score (nSPS) is 10.5. The van der Waals surface area contributed by atoms with Crippen LogP contribution in [0.4, 0.5) is 0 Å². The van der Waals surface area contributed by atoms with Gasteiger partial charge in [0.1, 0.15) is 22.4 Å².